The zero-order chi connectivity index (χ0) is 17.7. The molecule has 0 aliphatic heterocycles. The number of rotatable bonds is 2. The van der Waals surface area contributed by atoms with Crippen LogP contribution in [0.4, 0.5) is 0 Å². The van der Waals surface area contributed by atoms with E-state index in [1.54, 1.807) is 12.1 Å². The van der Waals surface area contributed by atoms with Gasteiger partial charge in [0.25, 0.3) is 0 Å². The van der Waals surface area contributed by atoms with E-state index in [0.29, 0.717) is 22.8 Å². The highest BCUT2D eigenvalue weighted by molar-refractivity contribution is 5.99. The second kappa shape index (κ2) is 5.89. The molecule has 0 amide bonds. The highest BCUT2D eigenvalue weighted by atomic mass is 16.3. The molecular formula is C22H32O2. The van der Waals surface area contributed by atoms with Crippen LogP contribution in [0.2, 0.25) is 0 Å². The third-order valence-electron chi connectivity index (χ3n) is 7.10. The number of carbonyl (C=O) groups is 1. The molecule has 0 radical (unpaired) electrons. The summed E-state index contributed by atoms with van der Waals surface area (Å²) in [6.45, 7) is 11.3. The van der Waals surface area contributed by atoms with E-state index in [9.17, 15) is 9.90 Å². The van der Waals surface area contributed by atoms with Crippen molar-refractivity contribution in [1.82, 2.24) is 0 Å². The number of Topliss-reactive ketones (excluding diaryl/α,β-unsaturated/α-hetero) is 1. The highest BCUT2D eigenvalue weighted by Crippen LogP contribution is 2.61. The summed E-state index contributed by atoms with van der Waals surface area (Å²) >= 11 is 0. The number of ketones is 1. The summed E-state index contributed by atoms with van der Waals surface area (Å²) in [4.78, 5) is 13.5. The van der Waals surface area contributed by atoms with Crippen LogP contribution in [0.25, 0.3) is 0 Å². The van der Waals surface area contributed by atoms with Crippen LogP contribution in [0.3, 0.4) is 0 Å². The maximum absolute atomic E-state index is 13.5. The third kappa shape index (κ3) is 2.78. The van der Waals surface area contributed by atoms with Crippen molar-refractivity contribution in [2.45, 2.75) is 66.7 Å². The Morgan fingerprint density at radius 1 is 1.12 bits per heavy atom. The van der Waals surface area contributed by atoms with Gasteiger partial charge < -0.3 is 5.11 Å². The third-order valence-corrected chi connectivity index (χ3v) is 7.10. The molecule has 0 spiro atoms. The lowest BCUT2D eigenvalue weighted by molar-refractivity contribution is -0.0796. The van der Waals surface area contributed by atoms with Gasteiger partial charge in [-0.05, 0) is 79.0 Å². The normalized spacial score (nSPS) is 35.3. The van der Waals surface area contributed by atoms with Gasteiger partial charge in [-0.3, -0.25) is 4.79 Å². The number of phenolic OH excluding ortho intramolecular Hbond substituents is 1. The van der Waals surface area contributed by atoms with Crippen LogP contribution < -0.4 is 0 Å². The molecule has 24 heavy (non-hydrogen) atoms. The first-order chi connectivity index (χ1) is 11.1. The molecule has 0 saturated heterocycles. The molecule has 2 heteroatoms. The van der Waals surface area contributed by atoms with Crippen LogP contribution in [-0.4, -0.2) is 10.9 Å². The molecule has 2 nitrogen and oxygen atoms in total. The van der Waals surface area contributed by atoms with Crippen molar-refractivity contribution < 1.29 is 9.90 Å². The van der Waals surface area contributed by atoms with E-state index in [-0.39, 0.29) is 22.9 Å². The minimum atomic E-state index is 0.0667. The van der Waals surface area contributed by atoms with E-state index < -0.39 is 0 Å². The van der Waals surface area contributed by atoms with Gasteiger partial charge in [0.05, 0.1) is 0 Å². The number of hydrogen-bond acceptors (Lipinski definition) is 2. The lowest BCUT2D eigenvalue weighted by atomic mass is 9.46. The van der Waals surface area contributed by atoms with Gasteiger partial charge in [-0.2, -0.15) is 0 Å². The summed E-state index contributed by atoms with van der Waals surface area (Å²) in [5.41, 5.74) is 2.04. The molecule has 2 saturated carbocycles. The summed E-state index contributed by atoms with van der Waals surface area (Å²) in [6.07, 6.45) is 6.02. The second-order valence-corrected chi connectivity index (χ2v) is 9.35. The summed E-state index contributed by atoms with van der Waals surface area (Å²) in [7, 11) is 0. The monoisotopic (exact) mass is 328 g/mol. The fourth-order valence-electron chi connectivity index (χ4n) is 6.15. The van der Waals surface area contributed by atoms with Crippen molar-refractivity contribution in [1.29, 1.82) is 0 Å². The van der Waals surface area contributed by atoms with Gasteiger partial charge in [0.1, 0.15) is 5.75 Å². The van der Waals surface area contributed by atoms with E-state index >= 15 is 0 Å². The first-order valence-corrected chi connectivity index (χ1v) is 9.50. The minimum absolute atomic E-state index is 0.0667. The smallest absolute Gasteiger partial charge is 0.166 e. The van der Waals surface area contributed by atoms with Gasteiger partial charge in [-0.15, -0.1) is 0 Å². The number of fused-ring (bicyclic) bond motifs is 1. The zero-order valence-electron chi connectivity index (χ0n) is 15.9. The second-order valence-electron chi connectivity index (χ2n) is 9.35. The van der Waals surface area contributed by atoms with Gasteiger partial charge in [0.2, 0.25) is 0 Å². The first-order valence-electron chi connectivity index (χ1n) is 9.50. The Morgan fingerprint density at radius 3 is 2.50 bits per heavy atom. The lowest BCUT2D eigenvalue weighted by Crippen LogP contribution is -2.53. The summed E-state index contributed by atoms with van der Waals surface area (Å²) in [5, 5.41) is 9.93. The molecule has 4 atom stereocenters. The zero-order valence-corrected chi connectivity index (χ0v) is 15.9. The molecule has 1 N–H and O–H groups in total. The average Bonchev–Trinajstić information content (AvgIpc) is 2.44. The SMILES string of the molecule is Cc1cc(O)cc(C(=O)C2C(C)CCC3C(C)(C)CCCC23C)c1. The van der Waals surface area contributed by atoms with Crippen LogP contribution in [-0.2, 0) is 0 Å². The molecule has 132 valence electrons. The number of aryl methyl sites for hydroxylation is 1. The van der Waals surface area contributed by atoms with Crippen molar-refractivity contribution in [3.05, 3.63) is 29.3 Å². The first kappa shape index (κ1) is 17.5. The maximum atomic E-state index is 13.5. The van der Waals surface area contributed by atoms with E-state index in [1.807, 2.05) is 13.0 Å². The molecule has 0 heterocycles. The number of phenols is 1. The highest BCUT2D eigenvalue weighted by Gasteiger charge is 2.55. The average molecular weight is 328 g/mol. The molecule has 2 aliphatic carbocycles. The maximum Gasteiger partial charge on any atom is 0.166 e. The van der Waals surface area contributed by atoms with Crippen molar-refractivity contribution in [2.24, 2.45) is 28.6 Å². The molecule has 1 aromatic carbocycles. The summed E-state index contributed by atoms with van der Waals surface area (Å²) in [6, 6.07) is 5.31. The predicted molar refractivity (Wildman–Crippen MR) is 98.3 cm³/mol. The molecule has 0 bridgehead atoms. The van der Waals surface area contributed by atoms with Gasteiger partial charge in [-0.25, -0.2) is 0 Å². The molecule has 2 fully saturated rings. The van der Waals surface area contributed by atoms with Gasteiger partial charge in [-0.1, -0.05) is 34.1 Å². The topological polar surface area (TPSA) is 37.3 Å². The van der Waals surface area contributed by atoms with Crippen molar-refractivity contribution in [3.8, 4) is 5.75 Å². The quantitative estimate of drug-likeness (QED) is 0.701. The lowest BCUT2D eigenvalue weighted by Gasteiger charge is -2.58. The van der Waals surface area contributed by atoms with E-state index in [4.69, 9.17) is 0 Å². The molecule has 0 aromatic heterocycles. The Balaban J connectivity index is 2.02. The van der Waals surface area contributed by atoms with Crippen LogP contribution in [0, 0.1) is 35.5 Å². The Morgan fingerprint density at radius 2 is 1.83 bits per heavy atom. The fourth-order valence-corrected chi connectivity index (χ4v) is 6.15. The number of benzene rings is 1. The molecule has 3 rings (SSSR count). The Hall–Kier alpha value is -1.31. The fraction of sp³-hybridized carbons (Fsp3) is 0.682. The van der Waals surface area contributed by atoms with Crippen molar-refractivity contribution in [2.75, 3.05) is 0 Å². The number of hydrogen-bond donors (Lipinski definition) is 1. The van der Waals surface area contributed by atoms with Crippen LogP contribution in [0.1, 0.15) is 75.7 Å². The standard InChI is InChI=1S/C22H32O2/c1-14-11-16(13-17(23)12-14)20(24)19-15(2)7-8-18-21(3,4)9-6-10-22(18,19)5/h11-13,15,18-19,23H,6-10H2,1-5H3. The van der Waals surface area contributed by atoms with Crippen molar-refractivity contribution in [3.63, 3.8) is 0 Å². The summed E-state index contributed by atoms with van der Waals surface area (Å²) in [5.74, 6) is 1.54. The molecular weight excluding hydrogens is 296 g/mol. The van der Waals surface area contributed by atoms with Crippen LogP contribution in [0.15, 0.2) is 18.2 Å². The Bertz CT molecular complexity index is 625. The summed E-state index contributed by atoms with van der Waals surface area (Å²) < 4.78 is 0. The number of carbonyl (C=O) groups excluding carboxylic acids is 1. The van der Waals surface area contributed by atoms with Crippen molar-refractivity contribution >= 4 is 5.78 Å². The van der Waals surface area contributed by atoms with Crippen LogP contribution >= 0.6 is 0 Å². The minimum Gasteiger partial charge on any atom is -0.508 e. The molecule has 2 aliphatic rings. The largest absolute Gasteiger partial charge is 0.508 e. The van der Waals surface area contributed by atoms with E-state index in [1.165, 1.54) is 19.3 Å². The predicted octanol–water partition coefficient (Wildman–Crippen LogP) is 5.76. The van der Waals surface area contributed by atoms with E-state index in [0.717, 1.165) is 18.4 Å². The van der Waals surface area contributed by atoms with Gasteiger partial charge in [0.15, 0.2) is 5.78 Å². The van der Waals surface area contributed by atoms with Crippen LogP contribution in [0.5, 0.6) is 5.75 Å². The molecule has 4 unspecified atom stereocenters. The van der Waals surface area contributed by atoms with Gasteiger partial charge >= 0.3 is 0 Å². The van der Waals surface area contributed by atoms with Gasteiger partial charge in [0, 0.05) is 11.5 Å². The Kier molecular flexibility index (Phi) is 4.30. The van der Waals surface area contributed by atoms with E-state index in [2.05, 4.69) is 27.7 Å². The Labute approximate surface area is 146 Å². The molecule has 1 aromatic rings. The number of aromatic hydroxyl groups is 1.